The number of nitrogens with one attached hydrogen (secondary N) is 1. The maximum atomic E-state index is 14.7. The number of amides is 1. The lowest BCUT2D eigenvalue weighted by Crippen LogP contribution is -2.32. The fourth-order valence-electron chi connectivity index (χ4n) is 6.60. The lowest BCUT2D eigenvalue weighted by Gasteiger charge is -2.26. The van der Waals surface area contributed by atoms with Crippen LogP contribution in [-0.4, -0.2) is 52.8 Å². The number of nitrogens with two attached hydrogens (primary N) is 1. The van der Waals surface area contributed by atoms with Gasteiger partial charge in [-0.3, -0.25) is 9.89 Å². The number of hydrogen-bond donors (Lipinski definition) is 2. The Labute approximate surface area is 207 Å². The number of fused-ring (bicyclic) bond motifs is 3. The summed E-state index contributed by atoms with van der Waals surface area (Å²) < 4.78 is 14.7. The number of aromatic amines is 1. The zero-order valence-electron chi connectivity index (χ0n) is 19.9. The van der Waals surface area contributed by atoms with Gasteiger partial charge in [-0.1, -0.05) is 24.3 Å². The first-order chi connectivity index (χ1) is 17.5. The average molecular weight is 484 g/mol. The van der Waals surface area contributed by atoms with Crippen LogP contribution in [0.3, 0.4) is 0 Å². The standard InChI is InChI=1S/C27H26FN7O/c1-34-21-7-6-15(10-16(21)11-23(34)36)24-25-26(33-32-24)31-22(12-30-25)35-9-8-17-19(13-35)27(17,14-29)18-4-2-3-5-20(18)28/h2-7,10,12,17,19H,8-9,11,13-14,29H2,1H3,(H,31,32,33)/t17-,19+,27-/m1/s1. The number of aromatic nitrogens is 4. The van der Waals surface area contributed by atoms with E-state index in [1.54, 1.807) is 24.2 Å². The monoisotopic (exact) mass is 483 g/mol. The molecule has 4 heterocycles. The van der Waals surface area contributed by atoms with Crippen LogP contribution in [0.15, 0.2) is 48.7 Å². The first kappa shape index (κ1) is 21.4. The summed E-state index contributed by atoms with van der Waals surface area (Å²) in [5.41, 5.74) is 11.5. The minimum atomic E-state index is -0.304. The highest BCUT2D eigenvalue weighted by Gasteiger charge is 2.66. The molecule has 1 saturated carbocycles. The molecule has 2 fully saturated rings. The van der Waals surface area contributed by atoms with E-state index in [0.29, 0.717) is 30.0 Å². The van der Waals surface area contributed by atoms with E-state index in [0.717, 1.165) is 53.4 Å². The predicted octanol–water partition coefficient (Wildman–Crippen LogP) is 3.03. The van der Waals surface area contributed by atoms with Gasteiger partial charge in [-0.15, -0.1) is 0 Å². The molecule has 1 amide bonds. The molecular weight excluding hydrogens is 457 g/mol. The number of halogens is 1. The van der Waals surface area contributed by atoms with Gasteiger partial charge in [0.25, 0.3) is 0 Å². The number of rotatable bonds is 4. The molecule has 182 valence electrons. The molecule has 0 radical (unpaired) electrons. The molecule has 4 aromatic rings. The lowest BCUT2D eigenvalue weighted by molar-refractivity contribution is -0.117. The topological polar surface area (TPSA) is 104 Å². The van der Waals surface area contributed by atoms with Crippen molar-refractivity contribution in [3.05, 3.63) is 65.6 Å². The van der Waals surface area contributed by atoms with Crippen LogP contribution in [0.2, 0.25) is 0 Å². The van der Waals surface area contributed by atoms with Crippen LogP contribution in [0.4, 0.5) is 15.9 Å². The van der Waals surface area contributed by atoms with Gasteiger partial charge < -0.3 is 15.5 Å². The van der Waals surface area contributed by atoms with E-state index in [4.69, 9.17) is 15.7 Å². The van der Waals surface area contributed by atoms with Crippen molar-refractivity contribution >= 4 is 28.6 Å². The number of carbonyl (C=O) groups excluding carboxylic acids is 1. The molecule has 7 rings (SSSR count). The Kier molecular flexibility index (Phi) is 4.51. The molecule has 8 nitrogen and oxygen atoms in total. The van der Waals surface area contributed by atoms with Crippen molar-refractivity contribution in [1.29, 1.82) is 0 Å². The van der Waals surface area contributed by atoms with Gasteiger partial charge in [-0.05, 0) is 47.6 Å². The quantitative estimate of drug-likeness (QED) is 0.463. The van der Waals surface area contributed by atoms with E-state index in [1.807, 2.05) is 30.3 Å². The Morgan fingerprint density at radius 2 is 2.08 bits per heavy atom. The van der Waals surface area contributed by atoms with Crippen molar-refractivity contribution in [2.75, 3.05) is 36.5 Å². The summed E-state index contributed by atoms with van der Waals surface area (Å²) in [5.74, 6) is 1.37. The summed E-state index contributed by atoms with van der Waals surface area (Å²) in [6.07, 6.45) is 3.13. The van der Waals surface area contributed by atoms with Gasteiger partial charge >= 0.3 is 0 Å². The summed E-state index contributed by atoms with van der Waals surface area (Å²) in [5, 5.41) is 7.54. The number of carbonyl (C=O) groups is 1. The van der Waals surface area contributed by atoms with E-state index in [2.05, 4.69) is 15.1 Å². The van der Waals surface area contributed by atoms with Gasteiger partial charge in [0, 0.05) is 43.3 Å². The summed E-state index contributed by atoms with van der Waals surface area (Å²) in [6.45, 7) is 2.03. The molecule has 3 atom stereocenters. The molecule has 1 aliphatic carbocycles. The van der Waals surface area contributed by atoms with E-state index in [9.17, 15) is 9.18 Å². The second-order valence-electron chi connectivity index (χ2n) is 10.1. The largest absolute Gasteiger partial charge is 0.355 e. The summed E-state index contributed by atoms with van der Waals surface area (Å²) in [7, 11) is 1.79. The van der Waals surface area contributed by atoms with E-state index in [-0.39, 0.29) is 23.1 Å². The molecule has 0 unspecified atom stereocenters. The molecule has 3 aliphatic rings. The summed E-state index contributed by atoms with van der Waals surface area (Å²) >= 11 is 0. The van der Waals surface area contributed by atoms with Crippen LogP contribution in [0.1, 0.15) is 17.5 Å². The van der Waals surface area contributed by atoms with Crippen molar-refractivity contribution < 1.29 is 9.18 Å². The third kappa shape index (κ3) is 2.89. The van der Waals surface area contributed by atoms with Crippen molar-refractivity contribution in [2.45, 2.75) is 18.3 Å². The molecule has 2 aromatic heterocycles. The second kappa shape index (κ2) is 7.57. The smallest absolute Gasteiger partial charge is 0.231 e. The predicted molar refractivity (Wildman–Crippen MR) is 135 cm³/mol. The number of likely N-dealkylation sites (N-methyl/N-ethyl adjacent to an activating group) is 1. The first-order valence-corrected chi connectivity index (χ1v) is 12.3. The van der Waals surface area contributed by atoms with Crippen LogP contribution in [0.25, 0.3) is 22.4 Å². The molecule has 9 heteroatoms. The van der Waals surface area contributed by atoms with Gasteiger partial charge in [-0.25, -0.2) is 14.4 Å². The molecule has 36 heavy (non-hydrogen) atoms. The normalized spacial score (nSPS) is 24.8. The van der Waals surface area contributed by atoms with E-state index >= 15 is 0 Å². The summed E-state index contributed by atoms with van der Waals surface area (Å²) in [6, 6.07) is 13.0. The van der Waals surface area contributed by atoms with Gasteiger partial charge in [0.15, 0.2) is 5.65 Å². The molecule has 1 saturated heterocycles. The van der Waals surface area contributed by atoms with Gasteiger partial charge in [-0.2, -0.15) is 5.10 Å². The SMILES string of the molecule is CN1C(=O)Cc2cc(-c3n[nH]c4nc(N5CC[C@@H]6[C@H](C5)[C@@]6(CN)c5ccccc5F)cnc34)ccc21. The minimum Gasteiger partial charge on any atom is -0.355 e. The lowest BCUT2D eigenvalue weighted by atomic mass is 9.91. The average Bonchev–Trinajstić information content (AvgIpc) is 3.18. The highest BCUT2D eigenvalue weighted by molar-refractivity contribution is 6.02. The molecule has 0 spiro atoms. The highest BCUT2D eigenvalue weighted by Crippen LogP contribution is 2.63. The van der Waals surface area contributed by atoms with Gasteiger partial charge in [0.2, 0.25) is 5.91 Å². The number of H-pyrrole nitrogens is 1. The summed E-state index contributed by atoms with van der Waals surface area (Å²) in [4.78, 5) is 25.5. The van der Waals surface area contributed by atoms with Gasteiger partial charge in [0.1, 0.15) is 22.8 Å². The molecule has 2 aromatic carbocycles. The Morgan fingerprint density at radius 1 is 1.22 bits per heavy atom. The third-order valence-corrected chi connectivity index (χ3v) is 8.55. The Balaban J connectivity index is 1.16. The fourth-order valence-corrected chi connectivity index (χ4v) is 6.60. The van der Waals surface area contributed by atoms with Crippen LogP contribution < -0.4 is 15.5 Å². The number of anilines is 2. The zero-order valence-corrected chi connectivity index (χ0v) is 19.9. The number of hydrogen-bond acceptors (Lipinski definition) is 6. The maximum absolute atomic E-state index is 14.7. The maximum Gasteiger partial charge on any atom is 0.231 e. The van der Waals surface area contributed by atoms with Gasteiger partial charge in [0.05, 0.1) is 12.6 Å². The Morgan fingerprint density at radius 3 is 2.92 bits per heavy atom. The number of piperidine rings is 1. The number of nitrogens with zero attached hydrogens (tertiary/aromatic N) is 5. The van der Waals surface area contributed by atoms with Crippen LogP contribution in [0, 0.1) is 17.7 Å². The molecule has 2 aliphatic heterocycles. The van der Waals surface area contributed by atoms with Crippen molar-refractivity contribution in [2.24, 2.45) is 17.6 Å². The Hall–Kier alpha value is -3.85. The van der Waals surface area contributed by atoms with Crippen molar-refractivity contribution in [3.8, 4) is 11.3 Å². The zero-order chi connectivity index (χ0) is 24.6. The second-order valence-corrected chi connectivity index (χ2v) is 10.1. The van der Waals surface area contributed by atoms with Crippen molar-refractivity contribution in [1.82, 2.24) is 20.2 Å². The van der Waals surface area contributed by atoms with E-state index in [1.165, 1.54) is 6.07 Å². The fraction of sp³-hybridized carbons (Fsp3) is 0.333. The van der Waals surface area contributed by atoms with Crippen molar-refractivity contribution in [3.63, 3.8) is 0 Å². The molecular formula is C27H26FN7O. The third-order valence-electron chi connectivity index (χ3n) is 8.55. The first-order valence-electron chi connectivity index (χ1n) is 12.3. The molecule has 3 N–H and O–H groups in total. The van der Waals surface area contributed by atoms with Crippen LogP contribution >= 0.6 is 0 Å². The molecule has 0 bridgehead atoms. The number of benzene rings is 2. The Bertz CT molecular complexity index is 1530. The minimum absolute atomic E-state index is 0.0894. The van der Waals surface area contributed by atoms with Crippen LogP contribution in [-0.2, 0) is 16.6 Å². The highest BCUT2D eigenvalue weighted by atomic mass is 19.1. The van der Waals surface area contributed by atoms with Crippen LogP contribution in [0.5, 0.6) is 0 Å². The van der Waals surface area contributed by atoms with E-state index < -0.39 is 0 Å².